The molecule has 6 aromatic rings. The Balaban J connectivity index is 1.50. The number of carboxylic acid groups (broad SMARTS) is 2. The Kier molecular flexibility index (Phi) is 8.72. The molecule has 2 heterocycles. The molecule has 0 spiro atoms. The standard InChI is InChI=1S/C41H32BrN3O5/c1-41(24-26-9-3-2-4-10-26)35(18-15-27(25-43)40-44(21-19-36(46)47)33-17-16-28(42)23-34(33)50-40)45(22-20-37(48)49)39-32-14-8-6-12-30(32)29-11-5-7-13-31(29)38(39)41/h2-18,23H,19-22,24H2,1H3,(H-,46,47,48,49)/p+1. The number of benzene rings is 5. The smallest absolute Gasteiger partial charge is 0.392 e. The maximum absolute atomic E-state index is 12.1. The third-order valence-electron chi connectivity index (χ3n) is 9.51. The van der Waals surface area contributed by atoms with Gasteiger partial charge in [-0.1, -0.05) is 94.8 Å². The minimum absolute atomic E-state index is 0.0954. The number of hydrogen-bond donors (Lipinski definition) is 2. The van der Waals surface area contributed by atoms with Crippen molar-refractivity contribution >= 4 is 71.8 Å². The molecule has 0 bridgehead atoms. The molecule has 5 aromatic carbocycles. The van der Waals surface area contributed by atoms with Gasteiger partial charge in [-0.15, -0.1) is 0 Å². The zero-order valence-electron chi connectivity index (χ0n) is 27.3. The number of allylic oxidation sites excluding steroid dienone is 4. The summed E-state index contributed by atoms with van der Waals surface area (Å²) in [6.07, 6.45) is 3.99. The Bertz CT molecular complexity index is 2420. The van der Waals surface area contributed by atoms with E-state index in [4.69, 9.17) is 4.42 Å². The van der Waals surface area contributed by atoms with E-state index in [-0.39, 0.29) is 37.4 Å². The SMILES string of the molecule is CC1(Cc2ccccc2)/C(=C\C=C(/C#N)c2oc3cc(Br)ccc3[n+]2CCC(=O)O)N(CCC(=O)O)c2c1c1ccccc1c1ccccc21. The van der Waals surface area contributed by atoms with Crippen LogP contribution in [0.15, 0.2) is 124 Å². The van der Waals surface area contributed by atoms with E-state index < -0.39 is 17.4 Å². The molecule has 248 valence electrons. The van der Waals surface area contributed by atoms with Crippen LogP contribution in [0.1, 0.15) is 36.8 Å². The van der Waals surface area contributed by atoms with Gasteiger partial charge in [0.05, 0.1) is 12.1 Å². The summed E-state index contributed by atoms with van der Waals surface area (Å²) in [5.41, 5.74) is 4.77. The van der Waals surface area contributed by atoms with E-state index in [1.807, 2.05) is 60.7 Å². The summed E-state index contributed by atoms with van der Waals surface area (Å²) in [7, 11) is 0. The molecule has 2 N–H and O–H groups in total. The Morgan fingerprint density at radius 1 is 0.900 bits per heavy atom. The van der Waals surface area contributed by atoms with Crippen molar-refractivity contribution in [3.63, 3.8) is 0 Å². The Morgan fingerprint density at radius 2 is 1.54 bits per heavy atom. The minimum Gasteiger partial charge on any atom is -0.481 e. The average molecular weight is 728 g/mol. The third kappa shape index (κ3) is 5.82. The highest BCUT2D eigenvalue weighted by Gasteiger charge is 2.46. The fourth-order valence-electron chi connectivity index (χ4n) is 7.41. The molecule has 1 atom stereocenters. The first-order chi connectivity index (χ1) is 24.2. The van der Waals surface area contributed by atoms with Gasteiger partial charge in [0, 0.05) is 39.6 Å². The van der Waals surface area contributed by atoms with Crippen molar-refractivity contribution in [3.8, 4) is 6.07 Å². The molecule has 0 saturated heterocycles. The lowest BCUT2D eigenvalue weighted by atomic mass is 9.74. The van der Waals surface area contributed by atoms with E-state index in [9.17, 15) is 25.1 Å². The molecule has 1 aliphatic rings. The average Bonchev–Trinajstić information content (AvgIpc) is 3.58. The normalized spacial score (nSPS) is 16.7. The number of aliphatic carboxylic acids is 2. The Labute approximate surface area is 296 Å². The number of anilines is 1. The third-order valence-corrected chi connectivity index (χ3v) is 10.00. The Hall–Kier alpha value is -5.72. The molecule has 1 unspecified atom stereocenters. The second kappa shape index (κ2) is 13.3. The highest BCUT2D eigenvalue weighted by molar-refractivity contribution is 9.10. The predicted molar refractivity (Wildman–Crippen MR) is 197 cm³/mol. The monoisotopic (exact) mass is 726 g/mol. The first-order valence-corrected chi connectivity index (χ1v) is 17.1. The molecule has 0 radical (unpaired) electrons. The summed E-state index contributed by atoms with van der Waals surface area (Å²) in [5, 5.41) is 34.3. The molecular formula is C41H33BrN3O5+. The lowest BCUT2D eigenvalue weighted by Crippen LogP contribution is -2.37. The molecule has 0 saturated carbocycles. The fourth-order valence-corrected chi connectivity index (χ4v) is 7.75. The highest BCUT2D eigenvalue weighted by Crippen LogP contribution is 2.55. The fraction of sp³-hybridized carbons (Fsp3) is 0.171. The van der Waals surface area contributed by atoms with Crippen LogP contribution in [0.25, 0.3) is 38.2 Å². The second-order valence-electron chi connectivity index (χ2n) is 12.7. The maximum atomic E-state index is 12.1. The van der Waals surface area contributed by atoms with Gasteiger partial charge in [0.1, 0.15) is 12.5 Å². The van der Waals surface area contributed by atoms with E-state index in [1.165, 1.54) is 0 Å². The topological polar surface area (TPSA) is 119 Å². The lowest BCUT2D eigenvalue weighted by molar-refractivity contribution is -0.677. The van der Waals surface area contributed by atoms with Gasteiger partial charge in [-0.3, -0.25) is 9.59 Å². The molecule has 9 heteroatoms. The highest BCUT2D eigenvalue weighted by atomic mass is 79.9. The first kappa shape index (κ1) is 32.8. The van der Waals surface area contributed by atoms with Crippen molar-refractivity contribution in [2.24, 2.45) is 0 Å². The van der Waals surface area contributed by atoms with Crippen molar-refractivity contribution in [2.45, 2.75) is 38.1 Å². The van der Waals surface area contributed by atoms with Gasteiger partial charge in [-0.2, -0.15) is 9.83 Å². The summed E-state index contributed by atoms with van der Waals surface area (Å²) in [6, 6.07) is 34.5. The number of fused-ring (bicyclic) bond motifs is 7. The van der Waals surface area contributed by atoms with Gasteiger partial charge < -0.3 is 19.5 Å². The summed E-state index contributed by atoms with van der Waals surface area (Å²) in [4.78, 5) is 25.8. The molecule has 1 aliphatic heterocycles. The van der Waals surface area contributed by atoms with Crippen LogP contribution in [-0.4, -0.2) is 28.7 Å². The number of carboxylic acids is 2. The zero-order valence-corrected chi connectivity index (χ0v) is 28.9. The molecular weight excluding hydrogens is 694 g/mol. The number of nitrogens with zero attached hydrogens (tertiary/aromatic N) is 3. The number of hydrogen-bond acceptors (Lipinski definition) is 5. The minimum atomic E-state index is -0.964. The van der Waals surface area contributed by atoms with Crippen LogP contribution in [0.3, 0.4) is 0 Å². The quantitative estimate of drug-likeness (QED) is 0.0825. The van der Waals surface area contributed by atoms with Crippen molar-refractivity contribution < 1.29 is 28.8 Å². The zero-order chi connectivity index (χ0) is 35.0. The van der Waals surface area contributed by atoms with Crippen LogP contribution in [0, 0.1) is 11.3 Å². The lowest BCUT2D eigenvalue weighted by Gasteiger charge is -2.31. The van der Waals surface area contributed by atoms with E-state index in [0.717, 1.165) is 48.5 Å². The number of carbonyl (C=O) groups is 2. The first-order valence-electron chi connectivity index (χ1n) is 16.3. The number of oxazole rings is 1. The van der Waals surface area contributed by atoms with Gasteiger partial charge in [-0.05, 0) is 58.8 Å². The van der Waals surface area contributed by atoms with E-state index in [2.05, 4.69) is 70.2 Å². The van der Waals surface area contributed by atoms with Crippen LogP contribution in [0.4, 0.5) is 5.69 Å². The van der Waals surface area contributed by atoms with Crippen LogP contribution in [-0.2, 0) is 28.0 Å². The number of aryl methyl sites for hydroxylation is 1. The van der Waals surface area contributed by atoms with Gasteiger partial charge in [0.25, 0.3) is 5.52 Å². The van der Waals surface area contributed by atoms with E-state index in [1.54, 1.807) is 16.7 Å². The molecule has 8 nitrogen and oxygen atoms in total. The van der Waals surface area contributed by atoms with Crippen molar-refractivity contribution in [2.75, 3.05) is 11.4 Å². The van der Waals surface area contributed by atoms with Crippen LogP contribution in [0.2, 0.25) is 0 Å². The van der Waals surface area contributed by atoms with E-state index in [0.29, 0.717) is 17.5 Å². The van der Waals surface area contributed by atoms with Crippen molar-refractivity contribution in [1.82, 2.24) is 0 Å². The van der Waals surface area contributed by atoms with Crippen LogP contribution >= 0.6 is 15.9 Å². The number of rotatable bonds is 10. The number of halogens is 1. The van der Waals surface area contributed by atoms with Gasteiger partial charge in [0.15, 0.2) is 12.1 Å². The summed E-state index contributed by atoms with van der Waals surface area (Å²) in [5.74, 6) is -1.63. The second-order valence-corrected chi connectivity index (χ2v) is 13.6. The summed E-state index contributed by atoms with van der Waals surface area (Å²) >= 11 is 3.48. The molecule has 0 fully saturated rings. The largest absolute Gasteiger partial charge is 0.481 e. The van der Waals surface area contributed by atoms with Crippen LogP contribution < -0.4 is 9.47 Å². The number of nitriles is 1. The van der Waals surface area contributed by atoms with Crippen LogP contribution in [0.5, 0.6) is 0 Å². The van der Waals surface area contributed by atoms with Gasteiger partial charge in [-0.25, -0.2) is 0 Å². The van der Waals surface area contributed by atoms with E-state index >= 15 is 0 Å². The summed E-state index contributed by atoms with van der Waals surface area (Å²) in [6.45, 7) is 2.51. The predicted octanol–water partition coefficient (Wildman–Crippen LogP) is 8.55. The molecule has 7 rings (SSSR count). The van der Waals surface area contributed by atoms with Crippen molar-refractivity contribution in [3.05, 3.63) is 136 Å². The molecule has 0 aliphatic carbocycles. The summed E-state index contributed by atoms with van der Waals surface area (Å²) < 4.78 is 8.75. The molecule has 1 aromatic heterocycles. The Morgan fingerprint density at radius 3 is 2.22 bits per heavy atom. The molecule has 0 amide bonds. The maximum Gasteiger partial charge on any atom is 0.392 e. The van der Waals surface area contributed by atoms with Gasteiger partial charge >= 0.3 is 17.8 Å². The van der Waals surface area contributed by atoms with Gasteiger partial charge in [0.2, 0.25) is 5.58 Å². The molecule has 50 heavy (non-hydrogen) atoms. The van der Waals surface area contributed by atoms with Crippen molar-refractivity contribution in [1.29, 1.82) is 5.26 Å². The number of aromatic nitrogens is 1.